The summed E-state index contributed by atoms with van der Waals surface area (Å²) in [5, 5.41) is 3.17. The first kappa shape index (κ1) is 15.5. The van der Waals surface area contributed by atoms with Crippen LogP contribution in [0.5, 0.6) is 0 Å². The molecule has 19 heavy (non-hydrogen) atoms. The summed E-state index contributed by atoms with van der Waals surface area (Å²) in [6, 6.07) is 5.60. The van der Waals surface area contributed by atoms with Gasteiger partial charge in [-0.3, -0.25) is 0 Å². The minimum Gasteiger partial charge on any atom is -0.458 e. The third-order valence-electron chi connectivity index (χ3n) is 2.51. The predicted octanol–water partition coefficient (Wildman–Crippen LogP) is 3.49. The fourth-order valence-electron chi connectivity index (χ4n) is 1.88. The van der Waals surface area contributed by atoms with Gasteiger partial charge in [0.2, 0.25) is 0 Å². The summed E-state index contributed by atoms with van der Waals surface area (Å²) in [7, 11) is 0. The van der Waals surface area contributed by atoms with Crippen LogP contribution in [0.2, 0.25) is 0 Å². The van der Waals surface area contributed by atoms with Crippen LogP contribution in [0.3, 0.4) is 0 Å². The van der Waals surface area contributed by atoms with Gasteiger partial charge in [-0.1, -0.05) is 19.9 Å². The van der Waals surface area contributed by atoms with Gasteiger partial charge in [-0.25, -0.2) is 9.78 Å². The van der Waals surface area contributed by atoms with Crippen LogP contribution in [0.4, 0.5) is 5.82 Å². The Hall–Kier alpha value is -1.58. The van der Waals surface area contributed by atoms with Crippen LogP contribution in [-0.4, -0.2) is 23.1 Å². The highest BCUT2D eigenvalue weighted by atomic mass is 16.5. The lowest BCUT2D eigenvalue weighted by atomic mass is 10.1. The van der Waals surface area contributed by atoms with E-state index in [-0.39, 0.29) is 18.1 Å². The van der Waals surface area contributed by atoms with E-state index in [1.165, 1.54) is 0 Å². The second-order valence-electron chi connectivity index (χ2n) is 5.55. The highest BCUT2D eigenvalue weighted by Crippen LogP contribution is 2.12. The van der Waals surface area contributed by atoms with Crippen molar-refractivity contribution in [2.45, 2.75) is 53.2 Å². The lowest BCUT2D eigenvalue weighted by Gasteiger charge is -2.15. The number of anilines is 1. The molecule has 0 saturated heterocycles. The first-order valence-corrected chi connectivity index (χ1v) is 6.83. The van der Waals surface area contributed by atoms with Gasteiger partial charge in [0, 0.05) is 6.04 Å². The molecular weight excluding hydrogens is 240 g/mol. The van der Waals surface area contributed by atoms with Crippen molar-refractivity contribution >= 4 is 11.8 Å². The van der Waals surface area contributed by atoms with Crippen molar-refractivity contribution in [3.8, 4) is 0 Å². The summed E-state index contributed by atoms with van der Waals surface area (Å²) in [5.41, 5.74) is 0.348. The largest absolute Gasteiger partial charge is 0.458 e. The van der Waals surface area contributed by atoms with Gasteiger partial charge in [-0.15, -0.1) is 0 Å². The Morgan fingerprint density at radius 2 is 1.95 bits per heavy atom. The molecule has 1 N–H and O–H groups in total. The highest BCUT2D eigenvalue weighted by Gasteiger charge is 2.14. The first-order chi connectivity index (χ1) is 8.88. The summed E-state index contributed by atoms with van der Waals surface area (Å²) in [6.07, 6.45) is 0.770. The van der Waals surface area contributed by atoms with Crippen molar-refractivity contribution < 1.29 is 9.53 Å². The molecule has 4 nitrogen and oxygen atoms in total. The number of carbonyl (C=O) groups excluding carboxylic acids is 1. The van der Waals surface area contributed by atoms with Crippen LogP contribution in [0.1, 0.15) is 51.5 Å². The van der Waals surface area contributed by atoms with Gasteiger partial charge in [-0.2, -0.15) is 0 Å². The van der Waals surface area contributed by atoms with E-state index in [9.17, 15) is 4.79 Å². The number of carbonyl (C=O) groups is 1. The van der Waals surface area contributed by atoms with Gasteiger partial charge >= 0.3 is 5.97 Å². The zero-order valence-corrected chi connectivity index (χ0v) is 12.4. The maximum absolute atomic E-state index is 12.0. The molecular formula is C15H24N2O2. The molecule has 0 aliphatic heterocycles. The third kappa shape index (κ3) is 5.73. The summed E-state index contributed by atoms with van der Waals surface area (Å²) in [5.74, 6) is 0.839. The predicted molar refractivity (Wildman–Crippen MR) is 77.3 cm³/mol. The van der Waals surface area contributed by atoms with E-state index >= 15 is 0 Å². The van der Waals surface area contributed by atoms with E-state index in [0.29, 0.717) is 17.4 Å². The topological polar surface area (TPSA) is 51.2 Å². The van der Waals surface area contributed by atoms with Crippen molar-refractivity contribution in [1.82, 2.24) is 4.98 Å². The smallest absolute Gasteiger partial charge is 0.357 e. The normalized spacial score (nSPS) is 12.6. The maximum Gasteiger partial charge on any atom is 0.357 e. The van der Waals surface area contributed by atoms with Crippen LogP contribution >= 0.6 is 0 Å². The molecule has 4 heteroatoms. The Labute approximate surface area is 115 Å². The number of rotatable bonds is 6. The van der Waals surface area contributed by atoms with Crippen LogP contribution in [0, 0.1) is 5.92 Å². The average Bonchev–Trinajstić information content (AvgIpc) is 2.27. The van der Waals surface area contributed by atoms with E-state index in [4.69, 9.17) is 4.74 Å². The number of esters is 1. The molecule has 0 aromatic carbocycles. The molecule has 0 radical (unpaired) electrons. The number of hydrogen-bond acceptors (Lipinski definition) is 4. The molecule has 1 heterocycles. The van der Waals surface area contributed by atoms with Gasteiger partial charge in [0.05, 0.1) is 6.10 Å². The van der Waals surface area contributed by atoms with Crippen molar-refractivity contribution in [2.75, 3.05) is 5.32 Å². The van der Waals surface area contributed by atoms with Crippen LogP contribution in [-0.2, 0) is 4.74 Å². The standard InChI is InChI=1S/C15H24N2O2/c1-10(2)9-12(5)19-15(18)13-7-6-8-14(17-13)16-11(3)4/h6-8,10-12H,9H2,1-5H3,(H,16,17). The number of nitrogens with zero attached hydrogens (tertiary/aromatic N) is 1. The van der Waals surface area contributed by atoms with Crippen LogP contribution < -0.4 is 5.32 Å². The maximum atomic E-state index is 12.0. The second-order valence-corrected chi connectivity index (χ2v) is 5.55. The number of ether oxygens (including phenoxy) is 1. The van der Waals surface area contributed by atoms with Crippen LogP contribution in [0.15, 0.2) is 18.2 Å². The second kappa shape index (κ2) is 7.12. The molecule has 0 amide bonds. The summed E-state index contributed by atoms with van der Waals surface area (Å²) in [4.78, 5) is 16.2. The lowest BCUT2D eigenvalue weighted by molar-refractivity contribution is 0.0293. The molecule has 1 aromatic rings. The molecule has 106 valence electrons. The van der Waals surface area contributed by atoms with Crippen LogP contribution in [0.25, 0.3) is 0 Å². The Morgan fingerprint density at radius 3 is 2.53 bits per heavy atom. The fraction of sp³-hybridized carbons (Fsp3) is 0.600. The number of pyridine rings is 1. The summed E-state index contributed by atoms with van der Waals surface area (Å²) in [6.45, 7) is 10.2. The molecule has 0 spiro atoms. The molecule has 1 atom stereocenters. The Kier molecular flexibility index (Phi) is 5.80. The SMILES string of the molecule is CC(C)CC(C)OC(=O)c1cccc(NC(C)C)n1. The van der Waals surface area contributed by atoms with Crippen molar-refractivity contribution in [3.05, 3.63) is 23.9 Å². The minimum absolute atomic E-state index is 0.0870. The van der Waals surface area contributed by atoms with E-state index in [1.54, 1.807) is 12.1 Å². The Bertz CT molecular complexity index is 416. The van der Waals surface area contributed by atoms with E-state index in [1.807, 2.05) is 26.8 Å². The van der Waals surface area contributed by atoms with Crippen molar-refractivity contribution in [2.24, 2.45) is 5.92 Å². The van der Waals surface area contributed by atoms with Crippen molar-refractivity contribution in [1.29, 1.82) is 0 Å². The quantitative estimate of drug-likeness (QED) is 0.799. The summed E-state index contributed by atoms with van der Waals surface area (Å²) < 4.78 is 5.38. The molecule has 1 unspecified atom stereocenters. The van der Waals surface area contributed by atoms with Gasteiger partial charge < -0.3 is 10.1 Å². The highest BCUT2D eigenvalue weighted by molar-refractivity contribution is 5.87. The van der Waals surface area contributed by atoms with Gasteiger partial charge in [0.1, 0.15) is 5.82 Å². The Balaban J connectivity index is 2.66. The monoisotopic (exact) mass is 264 g/mol. The molecule has 0 bridgehead atoms. The zero-order valence-electron chi connectivity index (χ0n) is 12.4. The molecule has 0 aliphatic carbocycles. The van der Waals surface area contributed by atoms with E-state index in [2.05, 4.69) is 24.1 Å². The number of aromatic nitrogens is 1. The first-order valence-electron chi connectivity index (χ1n) is 6.83. The Morgan fingerprint density at radius 1 is 1.26 bits per heavy atom. The summed E-state index contributed by atoms with van der Waals surface area (Å²) >= 11 is 0. The third-order valence-corrected chi connectivity index (χ3v) is 2.51. The number of hydrogen-bond donors (Lipinski definition) is 1. The molecule has 0 fully saturated rings. The number of nitrogens with one attached hydrogen (secondary N) is 1. The van der Waals surface area contributed by atoms with E-state index in [0.717, 1.165) is 6.42 Å². The zero-order chi connectivity index (χ0) is 14.4. The fourth-order valence-corrected chi connectivity index (χ4v) is 1.88. The lowest BCUT2D eigenvalue weighted by Crippen LogP contribution is -2.19. The minimum atomic E-state index is -0.361. The molecule has 1 aromatic heterocycles. The molecule has 0 aliphatic rings. The molecule has 0 saturated carbocycles. The average molecular weight is 264 g/mol. The molecule has 1 rings (SSSR count). The van der Waals surface area contributed by atoms with Gasteiger partial charge in [0.15, 0.2) is 5.69 Å². The van der Waals surface area contributed by atoms with Gasteiger partial charge in [0.25, 0.3) is 0 Å². The van der Waals surface area contributed by atoms with E-state index < -0.39 is 0 Å². The van der Waals surface area contributed by atoms with Gasteiger partial charge in [-0.05, 0) is 45.2 Å². The van der Waals surface area contributed by atoms with Crippen molar-refractivity contribution in [3.63, 3.8) is 0 Å².